The van der Waals surface area contributed by atoms with E-state index in [1.807, 2.05) is 30.3 Å². The number of anilines is 1. The molecule has 46 heavy (non-hydrogen) atoms. The summed E-state index contributed by atoms with van der Waals surface area (Å²) < 4.78 is 29.9. The number of benzene rings is 2. The van der Waals surface area contributed by atoms with Crippen molar-refractivity contribution in [1.29, 1.82) is 0 Å². The largest absolute Gasteiger partial charge is 0.491 e. The van der Waals surface area contributed by atoms with Gasteiger partial charge in [0.2, 0.25) is 0 Å². The third-order valence-corrected chi connectivity index (χ3v) is 13.1. The lowest BCUT2D eigenvalue weighted by atomic mass is 10.2. The zero-order chi connectivity index (χ0) is 33.9. The second kappa shape index (κ2) is 13.9. The number of amides is 3. The van der Waals surface area contributed by atoms with Crippen LogP contribution in [0.1, 0.15) is 53.5 Å². The fourth-order valence-corrected chi connectivity index (χ4v) is 6.41. The first-order chi connectivity index (χ1) is 21.4. The zero-order valence-corrected chi connectivity index (χ0v) is 29.5. The molecule has 2 heterocycles. The van der Waals surface area contributed by atoms with E-state index in [4.69, 9.17) is 23.4 Å². The number of fused-ring (bicyclic) bond motifs is 1. The van der Waals surface area contributed by atoms with E-state index in [1.165, 1.54) is 4.90 Å². The van der Waals surface area contributed by atoms with E-state index in [0.717, 1.165) is 5.56 Å². The van der Waals surface area contributed by atoms with Gasteiger partial charge in [-0.3, -0.25) is 9.69 Å². The average molecular weight is 656 g/mol. The maximum atomic E-state index is 13.3. The van der Waals surface area contributed by atoms with Gasteiger partial charge in [-0.1, -0.05) is 51.1 Å². The predicted molar refractivity (Wildman–Crippen MR) is 178 cm³/mol. The van der Waals surface area contributed by atoms with Crippen molar-refractivity contribution in [1.82, 2.24) is 10.2 Å². The van der Waals surface area contributed by atoms with E-state index < -0.39 is 32.1 Å². The molecule has 3 atom stereocenters. The highest BCUT2D eigenvalue weighted by molar-refractivity contribution is 6.74. The normalized spacial score (nSPS) is 20.4. The van der Waals surface area contributed by atoms with Crippen LogP contribution < -0.4 is 19.7 Å². The van der Waals surface area contributed by atoms with E-state index in [0.29, 0.717) is 30.2 Å². The van der Waals surface area contributed by atoms with Crippen molar-refractivity contribution in [2.45, 2.75) is 96.5 Å². The molecule has 0 radical (unpaired) electrons. The molecule has 2 aromatic carbocycles. The molecule has 0 aromatic heterocycles. The molecule has 3 amide bonds. The molecular weight excluding hydrogens is 606 g/mol. The number of hydrogen-bond donors (Lipinski definition) is 1. The van der Waals surface area contributed by atoms with Crippen LogP contribution in [0, 0.1) is 0 Å². The summed E-state index contributed by atoms with van der Waals surface area (Å²) in [5.74, 6) is 0.633. The molecule has 0 spiro atoms. The Morgan fingerprint density at radius 3 is 2.39 bits per heavy atom. The summed E-state index contributed by atoms with van der Waals surface area (Å²) in [7, 11) is -0.472. The van der Waals surface area contributed by atoms with Gasteiger partial charge in [-0.15, -0.1) is 0 Å². The highest BCUT2D eigenvalue weighted by atomic mass is 28.4. The summed E-state index contributed by atoms with van der Waals surface area (Å²) in [5, 5.41) is 2.63. The van der Waals surface area contributed by atoms with Crippen molar-refractivity contribution in [2.75, 3.05) is 31.7 Å². The highest BCUT2D eigenvalue weighted by Gasteiger charge is 2.44. The number of alkyl carbamates (subject to hydrolysis) is 1. The Morgan fingerprint density at radius 2 is 1.74 bits per heavy atom. The summed E-state index contributed by atoms with van der Waals surface area (Å²) in [4.78, 5) is 42.1. The Labute approximate surface area is 273 Å². The Morgan fingerprint density at radius 1 is 1.04 bits per heavy atom. The fourth-order valence-electron chi connectivity index (χ4n) is 5.05. The van der Waals surface area contributed by atoms with Crippen molar-refractivity contribution in [3.8, 4) is 11.5 Å². The first-order valence-electron chi connectivity index (χ1n) is 15.8. The van der Waals surface area contributed by atoms with Gasteiger partial charge < -0.3 is 33.6 Å². The molecule has 0 saturated carbocycles. The molecule has 2 aliphatic heterocycles. The van der Waals surface area contributed by atoms with Crippen LogP contribution in [-0.4, -0.2) is 81.9 Å². The minimum absolute atomic E-state index is 0.0229. The molecule has 2 aromatic rings. The van der Waals surface area contributed by atoms with Crippen molar-refractivity contribution < 1.29 is 37.8 Å². The molecule has 11 nitrogen and oxygen atoms in total. The van der Waals surface area contributed by atoms with Gasteiger partial charge in [0, 0.05) is 19.7 Å². The van der Waals surface area contributed by atoms with E-state index in [-0.39, 0.29) is 42.9 Å². The smallest absolute Gasteiger partial charge is 0.410 e. The van der Waals surface area contributed by atoms with Gasteiger partial charge in [0.05, 0.1) is 17.8 Å². The summed E-state index contributed by atoms with van der Waals surface area (Å²) >= 11 is 0. The van der Waals surface area contributed by atoms with Crippen LogP contribution in [-0.2, 0) is 25.3 Å². The van der Waals surface area contributed by atoms with E-state index >= 15 is 0 Å². The maximum absolute atomic E-state index is 13.3. The zero-order valence-electron chi connectivity index (χ0n) is 28.5. The Hall–Kier alpha value is -3.77. The topological polar surface area (TPSA) is 116 Å². The minimum atomic E-state index is -2.09. The number of ether oxygens (including phenoxy) is 4. The van der Waals surface area contributed by atoms with Crippen LogP contribution in [0.5, 0.6) is 11.5 Å². The molecule has 4 rings (SSSR count). The van der Waals surface area contributed by atoms with Gasteiger partial charge in [-0.25, -0.2) is 9.59 Å². The first-order valence-corrected chi connectivity index (χ1v) is 18.7. The second-order valence-corrected chi connectivity index (χ2v) is 19.2. The second-order valence-electron chi connectivity index (χ2n) is 14.4. The average Bonchev–Trinajstić information content (AvgIpc) is 3.32. The molecule has 0 unspecified atom stereocenters. The number of likely N-dealkylation sites (N-methyl/N-ethyl adjacent to an activating group) is 1. The van der Waals surface area contributed by atoms with Crippen LogP contribution in [0.15, 0.2) is 48.5 Å². The third-order valence-electron chi connectivity index (χ3n) is 8.54. The quantitative estimate of drug-likeness (QED) is 0.339. The lowest BCUT2D eigenvalue weighted by Gasteiger charge is -2.38. The first kappa shape index (κ1) is 35.1. The minimum Gasteiger partial charge on any atom is -0.491 e. The lowest BCUT2D eigenvalue weighted by molar-refractivity contribution is -0.120. The van der Waals surface area contributed by atoms with Crippen LogP contribution in [0.4, 0.5) is 15.3 Å². The molecule has 12 heteroatoms. The molecule has 0 aliphatic carbocycles. The summed E-state index contributed by atoms with van der Waals surface area (Å²) in [5.41, 5.74) is 0.705. The molecule has 1 saturated heterocycles. The number of rotatable bonds is 8. The molecule has 252 valence electrons. The van der Waals surface area contributed by atoms with E-state index in [2.05, 4.69) is 39.2 Å². The molecular formula is C34H49N3O8Si. The number of carbonyl (C=O) groups is 3. The molecule has 1 N–H and O–H groups in total. The lowest BCUT2D eigenvalue weighted by Crippen LogP contribution is -2.50. The molecule has 2 aliphatic rings. The van der Waals surface area contributed by atoms with Crippen LogP contribution in [0.25, 0.3) is 0 Å². The number of hydrogen-bond acceptors (Lipinski definition) is 8. The van der Waals surface area contributed by atoms with Gasteiger partial charge >= 0.3 is 12.2 Å². The van der Waals surface area contributed by atoms with Crippen molar-refractivity contribution >= 4 is 32.1 Å². The van der Waals surface area contributed by atoms with Gasteiger partial charge in [0.25, 0.3) is 5.91 Å². The summed E-state index contributed by atoms with van der Waals surface area (Å²) in [6.07, 6.45) is -0.644. The summed E-state index contributed by atoms with van der Waals surface area (Å²) in [6, 6.07) is 13.6. The summed E-state index contributed by atoms with van der Waals surface area (Å²) in [6.45, 7) is 17.0. The molecule has 0 bridgehead atoms. The number of likely N-dealkylation sites (tertiary alicyclic amines) is 1. The number of nitrogens with zero attached hydrogens (tertiary/aromatic N) is 2. The predicted octanol–water partition coefficient (Wildman–Crippen LogP) is 6.12. The van der Waals surface area contributed by atoms with Gasteiger partial charge in [0.15, 0.2) is 8.32 Å². The number of carbonyl (C=O) groups excluding carboxylic acids is 3. The number of nitrogens with one attached hydrogen (secondary N) is 1. The van der Waals surface area contributed by atoms with Crippen molar-refractivity contribution in [3.05, 3.63) is 54.1 Å². The Balaban J connectivity index is 1.45. The monoisotopic (exact) mass is 655 g/mol. The van der Waals surface area contributed by atoms with Crippen LogP contribution in [0.2, 0.25) is 18.1 Å². The highest BCUT2D eigenvalue weighted by Crippen LogP contribution is 2.39. The Kier molecular flexibility index (Phi) is 10.6. The fraction of sp³-hybridized carbons (Fsp3) is 0.559. The maximum Gasteiger partial charge on any atom is 0.410 e. The van der Waals surface area contributed by atoms with Crippen LogP contribution >= 0.6 is 0 Å². The van der Waals surface area contributed by atoms with E-state index in [9.17, 15) is 14.4 Å². The standard InChI is InChI=1S/C34H49N3O8Si/c1-33(2,3)44-31(39)35-27-22-42-29-16-15-25(18-28(29)36(7)30(27)38)41-21-24-17-26(45-46(8,9)34(4,5)6)19-37(24)32(40)43-20-23-13-11-10-12-14-23/h10-16,18,24,26-27H,17,19-22H2,1-9H3,(H,35,39)/t24-,26+,27-/m0/s1. The van der Waals surface area contributed by atoms with E-state index in [1.54, 1.807) is 50.9 Å². The van der Waals surface area contributed by atoms with Gasteiger partial charge in [-0.2, -0.15) is 0 Å². The van der Waals surface area contributed by atoms with Gasteiger partial charge in [0.1, 0.15) is 43.0 Å². The van der Waals surface area contributed by atoms with Crippen LogP contribution in [0.3, 0.4) is 0 Å². The van der Waals surface area contributed by atoms with Gasteiger partial charge in [-0.05, 0) is 63.0 Å². The SMILES string of the molecule is CN1C(=O)[C@@H](NC(=O)OC(C)(C)C)COc2ccc(OC[C@@H]3C[C@@H](O[Si](C)(C)C(C)(C)C)CN3C(=O)OCc3ccccc3)cc21. The van der Waals surface area contributed by atoms with Crippen molar-refractivity contribution in [3.63, 3.8) is 0 Å². The Bertz CT molecular complexity index is 1390. The van der Waals surface area contributed by atoms with Crippen molar-refractivity contribution in [2.24, 2.45) is 0 Å². The molecule has 1 fully saturated rings. The third kappa shape index (κ3) is 8.94.